The van der Waals surface area contributed by atoms with Gasteiger partial charge in [0.1, 0.15) is 6.33 Å². The average Bonchev–Trinajstić information content (AvgIpc) is 2.89. The molecule has 3 rings (SSSR count). The maximum absolute atomic E-state index is 6.13. The Hall–Kier alpha value is -1.00. The van der Waals surface area contributed by atoms with E-state index in [-0.39, 0.29) is 5.60 Å². The molecular weight excluding hydrogens is 238 g/mol. The summed E-state index contributed by atoms with van der Waals surface area (Å²) in [5.74, 6) is 0.628. The molecule has 1 N–H and O–H groups in total. The summed E-state index contributed by atoms with van der Waals surface area (Å²) in [5.41, 5.74) is 1.37. The van der Waals surface area contributed by atoms with E-state index >= 15 is 0 Å². The summed E-state index contributed by atoms with van der Waals surface area (Å²) in [5, 5.41) is 3.46. The smallest absolute Gasteiger partial charge is 0.115 e. The third kappa shape index (κ3) is 2.65. The number of aromatic nitrogens is 2. The highest BCUT2D eigenvalue weighted by Gasteiger charge is 2.42. The number of hydrogen-bond acceptors (Lipinski definition) is 4. The van der Waals surface area contributed by atoms with Gasteiger partial charge in [-0.2, -0.15) is 0 Å². The van der Waals surface area contributed by atoms with E-state index in [1.807, 2.05) is 19.4 Å². The van der Waals surface area contributed by atoms with Crippen LogP contribution in [0.1, 0.15) is 50.1 Å². The standard InChI is InChI=1S/C15H23N3O/c1-16-14(13-9-17-11-18-10-13)12-4-7-19-15(8-12)5-2-3-6-15/h9-12,14,16H,2-8H2,1H3. The number of hydrogen-bond donors (Lipinski definition) is 1. The molecule has 1 spiro atoms. The molecule has 4 heteroatoms. The van der Waals surface area contributed by atoms with E-state index in [2.05, 4.69) is 15.3 Å². The molecule has 0 bridgehead atoms. The van der Waals surface area contributed by atoms with Crippen molar-refractivity contribution in [2.75, 3.05) is 13.7 Å². The molecule has 0 amide bonds. The van der Waals surface area contributed by atoms with Crippen LogP contribution >= 0.6 is 0 Å². The quantitative estimate of drug-likeness (QED) is 0.908. The lowest BCUT2D eigenvalue weighted by Crippen LogP contribution is -2.41. The second-order valence-corrected chi connectivity index (χ2v) is 5.93. The molecule has 2 aliphatic rings. The largest absolute Gasteiger partial charge is 0.375 e. The van der Waals surface area contributed by atoms with E-state index in [1.165, 1.54) is 37.7 Å². The molecule has 1 aliphatic heterocycles. The number of nitrogens with zero attached hydrogens (tertiary/aromatic N) is 2. The first kappa shape index (κ1) is 13.0. The van der Waals surface area contributed by atoms with Gasteiger partial charge in [-0.3, -0.25) is 0 Å². The van der Waals surface area contributed by atoms with Gasteiger partial charge < -0.3 is 10.1 Å². The van der Waals surface area contributed by atoms with Crippen LogP contribution in [0.4, 0.5) is 0 Å². The summed E-state index contributed by atoms with van der Waals surface area (Å²) in [4.78, 5) is 8.31. The molecule has 0 aromatic carbocycles. The van der Waals surface area contributed by atoms with Crippen LogP contribution < -0.4 is 5.32 Å². The Bertz CT molecular complexity index is 403. The van der Waals surface area contributed by atoms with Crippen LogP contribution in [0.25, 0.3) is 0 Å². The minimum Gasteiger partial charge on any atom is -0.375 e. The molecule has 0 radical (unpaired) electrons. The molecule has 2 heterocycles. The van der Waals surface area contributed by atoms with Gasteiger partial charge in [-0.25, -0.2) is 9.97 Å². The van der Waals surface area contributed by atoms with E-state index in [0.29, 0.717) is 12.0 Å². The molecular formula is C15H23N3O. The first-order chi connectivity index (χ1) is 9.33. The Labute approximate surface area is 115 Å². The SMILES string of the molecule is CNC(c1cncnc1)C1CCOC2(CCCC2)C1. The van der Waals surface area contributed by atoms with Crippen LogP contribution in [-0.4, -0.2) is 29.2 Å². The highest BCUT2D eigenvalue weighted by molar-refractivity contribution is 5.12. The summed E-state index contributed by atoms with van der Waals surface area (Å²) in [6.07, 6.45) is 12.9. The van der Waals surface area contributed by atoms with Crippen molar-refractivity contribution in [3.05, 3.63) is 24.3 Å². The Balaban J connectivity index is 1.76. The van der Waals surface area contributed by atoms with Crippen LogP contribution in [0, 0.1) is 5.92 Å². The molecule has 2 unspecified atom stereocenters. The van der Waals surface area contributed by atoms with Gasteiger partial charge in [0.25, 0.3) is 0 Å². The van der Waals surface area contributed by atoms with Gasteiger partial charge >= 0.3 is 0 Å². The van der Waals surface area contributed by atoms with E-state index < -0.39 is 0 Å². The fourth-order valence-corrected chi connectivity index (χ4v) is 3.86. The third-order valence-corrected chi connectivity index (χ3v) is 4.77. The van der Waals surface area contributed by atoms with Crippen LogP contribution in [-0.2, 0) is 4.74 Å². The van der Waals surface area contributed by atoms with Crippen molar-refractivity contribution in [3.63, 3.8) is 0 Å². The lowest BCUT2D eigenvalue weighted by molar-refractivity contribution is -0.0979. The van der Waals surface area contributed by atoms with Crippen LogP contribution in [0.5, 0.6) is 0 Å². The molecule has 104 valence electrons. The predicted molar refractivity (Wildman–Crippen MR) is 73.7 cm³/mol. The molecule has 1 aliphatic carbocycles. The van der Waals surface area contributed by atoms with Crippen molar-refractivity contribution in [1.29, 1.82) is 0 Å². The molecule has 1 aromatic heterocycles. The van der Waals surface area contributed by atoms with Crippen molar-refractivity contribution in [3.8, 4) is 0 Å². The first-order valence-corrected chi connectivity index (χ1v) is 7.39. The van der Waals surface area contributed by atoms with Gasteiger partial charge in [0, 0.05) is 30.6 Å². The van der Waals surface area contributed by atoms with Crippen molar-refractivity contribution in [2.45, 2.75) is 50.2 Å². The van der Waals surface area contributed by atoms with Crippen LogP contribution in [0.3, 0.4) is 0 Å². The maximum Gasteiger partial charge on any atom is 0.115 e. The fourth-order valence-electron chi connectivity index (χ4n) is 3.86. The highest BCUT2D eigenvalue weighted by Crippen LogP contribution is 2.45. The topological polar surface area (TPSA) is 47.0 Å². The summed E-state index contributed by atoms with van der Waals surface area (Å²) >= 11 is 0. The molecule has 19 heavy (non-hydrogen) atoms. The lowest BCUT2D eigenvalue weighted by Gasteiger charge is -2.41. The van der Waals surface area contributed by atoms with Crippen molar-refractivity contribution >= 4 is 0 Å². The van der Waals surface area contributed by atoms with Gasteiger partial charge in [0.2, 0.25) is 0 Å². The minimum absolute atomic E-state index is 0.174. The summed E-state index contributed by atoms with van der Waals surface area (Å²) < 4.78 is 6.13. The lowest BCUT2D eigenvalue weighted by atomic mass is 9.79. The minimum atomic E-state index is 0.174. The van der Waals surface area contributed by atoms with Crippen molar-refractivity contribution < 1.29 is 4.74 Å². The van der Waals surface area contributed by atoms with Gasteiger partial charge in [-0.05, 0) is 38.6 Å². The van der Waals surface area contributed by atoms with Gasteiger partial charge in [0.15, 0.2) is 0 Å². The number of nitrogens with one attached hydrogen (secondary N) is 1. The van der Waals surface area contributed by atoms with Crippen LogP contribution in [0.15, 0.2) is 18.7 Å². The molecule has 2 fully saturated rings. The van der Waals surface area contributed by atoms with Gasteiger partial charge in [0.05, 0.1) is 5.60 Å². The summed E-state index contributed by atoms with van der Waals surface area (Å²) in [6.45, 7) is 0.899. The van der Waals surface area contributed by atoms with E-state index in [0.717, 1.165) is 13.0 Å². The molecule has 1 aromatic rings. The van der Waals surface area contributed by atoms with Crippen molar-refractivity contribution in [2.24, 2.45) is 5.92 Å². The zero-order valence-corrected chi connectivity index (χ0v) is 11.6. The fraction of sp³-hybridized carbons (Fsp3) is 0.733. The number of rotatable bonds is 3. The predicted octanol–water partition coefficient (Wildman–Crippen LogP) is 2.48. The zero-order chi connectivity index (χ0) is 13.1. The van der Waals surface area contributed by atoms with Crippen molar-refractivity contribution in [1.82, 2.24) is 15.3 Å². The van der Waals surface area contributed by atoms with E-state index in [1.54, 1.807) is 6.33 Å². The van der Waals surface area contributed by atoms with Gasteiger partial charge in [-0.15, -0.1) is 0 Å². The summed E-state index contributed by atoms with van der Waals surface area (Å²) in [6, 6.07) is 0.350. The molecule has 4 nitrogen and oxygen atoms in total. The summed E-state index contributed by atoms with van der Waals surface area (Å²) in [7, 11) is 2.04. The maximum atomic E-state index is 6.13. The molecule has 2 atom stereocenters. The second-order valence-electron chi connectivity index (χ2n) is 5.93. The Kier molecular flexibility index (Phi) is 3.80. The van der Waals surface area contributed by atoms with Crippen LogP contribution in [0.2, 0.25) is 0 Å². The monoisotopic (exact) mass is 261 g/mol. The molecule has 1 saturated carbocycles. The average molecular weight is 261 g/mol. The third-order valence-electron chi connectivity index (χ3n) is 4.77. The Morgan fingerprint density at radius 3 is 2.74 bits per heavy atom. The Morgan fingerprint density at radius 1 is 1.32 bits per heavy atom. The normalized spacial score (nSPS) is 27.5. The molecule has 1 saturated heterocycles. The van der Waals surface area contributed by atoms with E-state index in [9.17, 15) is 0 Å². The first-order valence-electron chi connectivity index (χ1n) is 7.39. The zero-order valence-electron chi connectivity index (χ0n) is 11.6. The van der Waals surface area contributed by atoms with E-state index in [4.69, 9.17) is 4.74 Å². The number of ether oxygens (including phenoxy) is 1. The second kappa shape index (κ2) is 5.55. The highest BCUT2D eigenvalue weighted by atomic mass is 16.5. The van der Waals surface area contributed by atoms with Gasteiger partial charge in [-0.1, -0.05) is 12.8 Å². The Morgan fingerprint density at radius 2 is 2.05 bits per heavy atom.